The Labute approximate surface area is 185 Å². The normalized spacial score (nSPS) is 28.0. The first-order chi connectivity index (χ1) is 14.9. The minimum atomic E-state index is -0.752. The number of aliphatic hydroxyl groups excluding tert-OH is 1. The molecule has 1 aromatic carbocycles. The van der Waals surface area contributed by atoms with Crippen LogP contribution in [0.3, 0.4) is 0 Å². The summed E-state index contributed by atoms with van der Waals surface area (Å²) in [4.78, 5) is 8.88. The molecule has 0 amide bonds. The van der Waals surface area contributed by atoms with Gasteiger partial charge < -0.3 is 29.2 Å². The van der Waals surface area contributed by atoms with E-state index >= 15 is 0 Å². The summed E-state index contributed by atoms with van der Waals surface area (Å²) < 4.78 is 20.0. The molecule has 2 fully saturated rings. The third kappa shape index (κ3) is 3.68. The Kier molecular flexibility index (Phi) is 5.15. The molecule has 5 rings (SSSR count). The van der Waals surface area contributed by atoms with Crippen molar-refractivity contribution in [1.82, 2.24) is 14.5 Å². The molecule has 0 bridgehead atoms. The maximum Gasteiger partial charge on any atom is 0.226 e. The fourth-order valence-electron chi connectivity index (χ4n) is 4.38. The van der Waals surface area contributed by atoms with E-state index in [1.165, 1.54) is 0 Å². The van der Waals surface area contributed by atoms with Crippen LogP contribution in [0.1, 0.15) is 38.6 Å². The standard InChI is InChI=1S/C22H25ClN4O4/c1-12(13-7-5-4-6-8-13)24-18-14-9-10-27(19(14)26-21(23)25-18)20-17-16(15(11-28)29-20)30-22(2,3)31-17/h4-10,12,15-17,20,28H,11H2,1-3H3,(H,24,25,26)/t12-,15-,16-,17-,20-/m1/s1. The fourth-order valence-corrected chi connectivity index (χ4v) is 4.55. The van der Waals surface area contributed by atoms with Gasteiger partial charge in [-0.15, -0.1) is 0 Å². The van der Waals surface area contributed by atoms with Gasteiger partial charge in [-0.1, -0.05) is 30.3 Å². The lowest BCUT2D eigenvalue weighted by Gasteiger charge is -2.24. The maximum atomic E-state index is 9.78. The van der Waals surface area contributed by atoms with Crippen molar-refractivity contribution >= 4 is 28.5 Å². The Morgan fingerprint density at radius 2 is 1.90 bits per heavy atom. The Morgan fingerprint density at radius 1 is 1.16 bits per heavy atom. The van der Waals surface area contributed by atoms with Crippen LogP contribution in [0.5, 0.6) is 0 Å². The fraction of sp³-hybridized carbons (Fsp3) is 0.455. The van der Waals surface area contributed by atoms with E-state index in [1.54, 1.807) is 0 Å². The number of hydrogen-bond donors (Lipinski definition) is 2. The molecule has 5 atom stereocenters. The monoisotopic (exact) mass is 444 g/mol. The van der Waals surface area contributed by atoms with Crippen molar-refractivity contribution in [2.75, 3.05) is 11.9 Å². The summed E-state index contributed by atoms with van der Waals surface area (Å²) in [7, 11) is 0. The van der Waals surface area contributed by atoms with Crippen molar-refractivity contribution in [3.8, 4) is 0 Å². The second kappa shape index (κ2) is 7.72. The molecule has 2 saturated heterocycles. The summed E-state index contributed by atoms with van der Waals surface area (Å²) in [5.74, 6) is -0.111. The first kappa shape index (κ1) is 20.7. The number of aromatic nitrogens is 3. The van der Waals surface area contributed by atoms with E-state index in [4.69, 9.17) is 25.8 Å². The zero-order chi connectivity index (χ0) is 21.8. The lowest BCUT2D eigenvalue weighted by Crippen LogP contribution is -2.31. The van der Waals surface area contributed by atoms with Crippen LogP contribution in [-0.2, 0) is 14.2 Å². The zero-order valence-electron chi connectivity index (χ0n) is 17.5. The highest BCUT2D eigenvalue weighted by molar-refractivity contribution is 6.28. The van der Waals surface area contributed by atoms with E-state index in [2.05, 4.69) is 34.3 Å². The van der Waals surface area contributed by atoms with Crippen LogP contribution in [0, 0.1) is 0 Å². The smallest absolute Gasteiger partial charge is 0.226 e. The molecule has 0 aliphatic carbocycles. The summed E-state index contributed by atoms with van der Waals surface area (Å²) in [5.41, 5.74) is 1.76. The van der Waals surface area contributed by atoms with Crippen LogP contribution in [0.25, 0.3) is 11.0 Å². The van der Waals surface area contributed by atoms with Gasteiger partial charge in [0.25, 0.3) is 0 Å². The minimum Gasteiger partial charge on any atom is -0.394 e. The van der Waals surface area contributed by atoms with Gasteiger partial charge in [0.15, 0.2) is 12.0 Å². The third-order valence-corrected chi connectivity index (χ3v) is 5.95. The molecule has 31 heavy (non-hydrogen) atoms. The van der Waals surface area contributed by atoms with E-state index in [-0.39, 0.29) is 30.1 Å². The number of benzene rings is 1. The largest absolute Gasteiger partial charge is 0.394 e. The van der Waals surface area contributed by atoms with Gasteiger partial charge in [-0.25, -0.2) is 4.98 Å². The molecular weight excluding hydrogens is 420 g/mol. The molecule has 3 aromatic rings. The molecule has 2 aromatic heterocycles. The van der Waals surface area contributed by atoms with Crippen molar-refractivity contribution in [3.63, 3.8) is 0 Å². The molecule has 2 N–H and O–H groups in total. The highest BCUT2D eigenvalue weighted by Crippen LogP contribution is 2.44. The van der Waals surface area contributed by atoms with Gasteiger partial charge in [0.2, 0.25) is 5.28 Å². The van der Waals surface area contributed by atoms with Gasteiger partial charge in [-0.2, -0.15) is 4.98 Å². The number of fused-ring (bicyclic) bond motifs is 2. The summed E-state index contributed by atoms with van der Waals surface area (Å²) in [6, 6.07) is 12.1. The van der Waals surface area contributed by atoms with Gasteiger partial charge >= 0.3 is 0 Å². The second-order valence-electron chi connectivity index (χ2n) is 8.39. The number of hydrogen-bond acceptors (Lipinski definition) is 7. The number of anilines is 1. The summed E-state index contributed by atoms with van der Waals surface area (Å²) >= 11 is 6.29. The SMILES string of the molecule is C[C@@H](Nc1nc(Cl)nc2c1ccn2[C@@H]1O[C@H](CO)[C@H]2OC(C)(C)O[C@H]21)c1ccccc1. The number of halogens is 1. The molecule has 164 valence electrons. The number of nitrogens with one attached hydrogen (secondary N) is 1. The number of rotatable bonds is 5. The highest BCUT2D eigenvalue weighted by atomic mass is 35.5. The maximum absolute atomic E-state index is 9.78. The van der Waals surface area contributed by atoms with Gasteiger partial charge in [0.05, 0.1) is 12.0 Å². The van der Waals surface area contributed by atoms with E-state index < -0.39 is 18.1 Å². The number of nitrogens with zero attached hydrogens (tertiary/aromatic N) is 3. The van der Waals surface area contributed by atoms with Crippen LogP contribution >= 0.6 is 11.6 Å². The van der Waals surface area contributed by atoms with E-state index in [0.29, 0.717) is 11.5 Å². The van der Waals surface area contributed by atoms with E-state index in [0.717, 1.165) is 10.9 Å². The lowest BCUT2D eigenvalue weighted by molar-refractivity contribution is -0.199. The van der Waals surface area contributed by atoms with Crippen molar-refractivity contribution in [2.45, 2.75) is 57.1 Å². The first-order valence-corrected chi connectivity index (χ1v) is 10.7. The Morgan fingerprint density at radius 3 is 2.65 bits per heavy atom. The molecule has 0 radical (unpaired) electrons. The Hall–Kier alpha value is -2.23. The predicted octanol–water partition coefficient (Wildman–Crippen LogP) is 3.67. The molecule has 0 unspecified atom stereocenters. The van der Waals surface area contributed by atoms with E-state index in [9.17, 15) is 5.11 Å². The van der Waals surface area contributed by atoms with Crippen LogP contribution in [0.2, 0.25) is 5.28 Å². The summed E-state index contributed by atoms with van der Waals surface area (Å²) in [6.45, 7) is 5.62. The molecule has 8 nitrogen and oxygen atoms in total. The summed E-state index contributed by atoms with van der Waals surface area (Å²) in [6.07, 6.45) is 0.144. The van der Waals surface area contributed by atoms with Gasteiger partial charge in [-0.05, 0) is 44.0 Å². The number of aliphatic hydroxyl groups is 1. The quantitative estimate of drug-likeness (QED) is 0.580. The lowest BCUT2D eigenvalue weighted by atomic mass is 10.1. The highest BCUT2D eigenvalue weighted by Gasteiger charge is 2.55. The van der Waals surface area contributed by atoms with Crippen molar-refractivity contribution in [1.29, 1.82) is 0 Å². The zero-order valence-corrected chi connectivity index (χ0v) is 18.3. The Balaban J connectivity index is 1.50. The topological polar surface area (TPSA) is 90.7 Å². The number of ether oxygens (including phenoxy) is 3. The molecule has 9 heteroatoms. The average molecular weight is 445 g/mol. The average Bonchev–Trinajstić information content (AvgIpc) is 3.39. The Bertz CT molecular complexity index is 1090. The van der Waals surface area contributed by atoms with Crippen molar-refractivity contribution in [3.05, 3.63) is 53.4 Å². The predicted molar refractivity (Wildman–Crippen MR) is 116 cm³/mol. The summed E-state index contributed by atoms with van der Waals surface area (Å²) in [5, 5.41) is 14.2. The van der Waals surface area contributed by atoms with Crippen LogP contribution < -0.4 is 5.32 Å². The second-order valence-corrected chi connectivity index (χ2v) is 8.73. The molecule has 2 aliphatic rings. The molecular formula is C22H25ClN4O4. The van der Waals surface area contributed by atoms with Gasteiger partial charge in [0.1, 0.15) is 29.8 Å². The first-order valence-electron chi connectivity index (χ1n) is 10.3. The van der Waals surface area contributed by atoms with Gasteiger partial charge in [-0.3, -0.25) is 0 Å². The van der Waals surface area contributed by atoms with E-state index in [1.807, 2.05) is 48.9 Å². The molecule has 0 saturated carbocycles. The third-order valence-electron chi connectivity index (χ3n) is 5.78. The van der Waals surface area contributed by atoms with Crippen LogP contribution in [0.15, 0.2) is 42.6 Å². The molecule has 2 aliphatic heterocycles. The van der Waals surface area contributed by atoms with Crippen LogP contribution in [-0.4, -0.2) is 50.3 Å². The minimum absolute atomic E-state index is 0.0250. The van der Waals surface area contributed by atoms with Crippen molar-refractivity contribution < 1.29 is 19.3 Å². The van der Waals surface area contributed by atoms with Crippen molar-refractivity contribution in [2.24, 2.45) is 0 Å². The van der Waals surface area contributed by atoms with Gasteiger partial charge in [0, 0.05) is 12.2 Å². The van der Waals surface area contributed by atoms with Crippen LogP contribution in [0.4, 0.5) is 5.82 Å². The molecule has 4 heterocycles. The molecule has 0 spiro atoms.